The van der Waals surface area contributed by atoms with E-state index in [4.69, 9.17) is 0 Å². The van der Waals surface area contributed by atoms with Crippen molar-refractivity contribution in [1.82, 2.24) is 10.6 Å². The summed E-state index contributed by atoms with van der Waals surface area (Å²) in [6.07, 6.45) is -4.72. The lowest BCUT2D eigenvalue weighted by Crippen LogP contribution is -2.48. The molecule has 204 valence electrons. The highest BCUT2D eigenvalue weighted by atomic mass is 19.4. The Kier molecular flexibility index (Phi) is 7.46. The van der Waals surface area contributed by atoms with Crippen LogP contribution in [-0.4, -0.2) is 35.3 Å². The lowest BCUT2D eigenvalue weighted by atomic mass is 9.73. The van der Waals surface area contributed by atoms with Crippen LogP contribution in [0.4, 0.5) is 22.0 Å². The molecule has 38 heavy (non-hydrogen) atoms. The molecule has 4 rings (SSSR count). The molecule has 1 saturated heterocycles. The van der Waals surface area contributed by atoms with Crippen LogP contribution in [0.3, 0.4) is 0 Å². The first-order valence-electron chi connectivity index (χ1n) is 11.9. The molecule has 1 aliphatic carbocycles. The van der Waals surface area contributed by atoms with Crippen molar-refractivity contribution in [2.45, 2.75) is 57.7 Å². The molecule has 1 aliphatic heterocycles. The van der Waals surface area contributed by atoms with Gasteiger partial charge in [-0.15, -0.1) is 13.2 Å². The van der Waals surface area contributed by atoms with E-state index in [2.05, 4.69) is 15.4 Å². The average molecular weight is 540 g/mol. The molecule has 0 radical (unpaired) electrons. The number of ketones is 1. The molecule has 3 N–H and O–H groups in total. The summed E-state index contributed by atoms with van der Waals surface area (Å²) in [5, 5.41) is 14.9. The molecule has 12 heteroatoms. The second-order valence-corrected chi connectivity index (χ2v) is 9.58. The fraction of sp³-hybridized carbons (Fsp3) is 0.423. The van der Waals surface area contributed by atoms with Crippen LogP contribution in [0.1, 0.15) is 51.9 Å². The Morgan fingerprint density at radius 3 is 2.50 bits per heavy atom. The van der Waals surface area contributed by atoms with Gasteiger partial charge < -0.3 is 20.5 Å². The molecule has 2 aliphatic rings. The van der Waals surface area contributed by atoms with Gasteiger partial charge in [0.25, 0.3) is 5.91 Å². The molecule has 3 atom stereocenters. The van der Waals surface area contributed by atoms with Gasteiger partial charge in [-0.05, 0) is 60.6 Å². The van der Waals surface area contributed by atoms with Crippen LogP contribution in [0, 0.1) is 18.8 Å². The number of rotatable bonds is 6. The minimum atomic E-state index is -4.99. The van der Waals surface area contributed by atoms with Crippen molar-refractivity contribution < 1.29 is 46.2 Å². The highest BCUT2D eigenvalue weighted by Gasteiger charge is 2.42. The van der Waals surface area contributed by atoms with E-state index < -0.39 is 35.7 Å². The van der Waals surface area contributed by atoms with Gasteiger partial charge in [0.1, 0.15) is 12.0 Å². The van der Waals surface area contributed by atoms with E-state index in [1.54, 1.807) is 18.2 Å². The molecule has 7 nitrogen and oxygen atoms in total. The molecule has 2 aromatic carbocycles. The van der Waals surface area contributed by atoms with Crippen molar-refractivity contribution in [2.75, 3.05) is 0 Å². The van der Waals surface area contributed by atoms with Crippen molar-refractivity contribution in [3.8, 4) is 5.75 Å². The van der Waals surface area contributed by atoms with E-state index in [-0.39, 0.29) is 48.5 Å². The van der Waals surface area contributed by atoms with Gasteiger partial charge in [0, 0.05) is 36.4 Å². The smallest absolute Gasteiger partial charge is 0.406 e. The predicted octanol–water partition coefficient (Wildman–Crippen LogP) is 3.89. The number of nitrogens with one attached hydrogen (secondary N) is 2. The van der Waals surface area contributed by atoms with Gasteiger partial charge in [-0.2, -0.15) is 8.78 Å². The maximum Gasteiger partial charge on any atom is 0.573 e. The Balaban J connectivity index is 1.44. The Hall–Kier alpha value is -3.54. The highest BCUT2D eigenvalue weighted by molar-refractivity contribution is 5.98. The van der Waals surface area contributed by atoms with Crippen molar-refractivity contribution in [2.24, 2.45) is 11.8 Å². The van der Waals surface area contributed by atoms with Crippen LogP contribution in [0.25, 0.3) is 0 Å². The first-order valence-corrected chi connectivity index (χ1v) is 11.9. The van der Waals surface area contributed by atoms with Crippen LogP contribution in [0.15, 0.2) is 36.4 Å². The van der Waals surface area contributed by atoms with Crippen molar-refractivity contribution in [1.29, 1.82) is 0 Å². The van der Waals surface area contributed by atoms with E-state index in [1.165, 1.54) is 0 Å². The molecule has 0 aromatic heterocycles. The van der Waals surface area contributed by atoms with Crippen molar-refractivity contribution in [3.63, 3.8) is 0 Å². The summed E-state index contributed by atoms with van der Waals surface area (Å²) in [6.45, 7) is 0.863. The Labute approximate surface area is 214 Å². The third-order valence-corrected chi connectivity index (χ3v) is 6.93. The SMILES string of the molecule is Cc1cc(OC(F)(F)F)ccc1C(F)(F)C(=O)NCc1ccc2c(c1)CC(C1CCC(=O)N[C@@H]1O)CC2=O. The summed E-state index contributed by atoms with van der Waals surface area (Å²) < 4.78 is 70.6. The lowest BCUT2D eigenvalue weighted by Gasteiger charge is -2.36. The molecule has 0 spiro atoms. The molecule has 1 heterocycles. The molecule has 0 saturated carbocycles. The van der Waals surface area contributed by atoms with Crippen molar-refractivity contribution >= 4 is 17.6 Å². The number of carbonyl (C=O) groups is 3. The molecule has 2 aromatic rings. The second-order valence-electron chi connectivity index (χ2n) is 9.58. The first kappa shape index (κ1) is 27.5. The Morgan fingerprint density at radius 1 is 1.11 bits per heavy atom. The lowest BCUT2D eigenvalue weighted by molar-refractivity contribution is -0.274. The predicted molar refractivity (Wildman–Crippen MR) is 123 cm³/mol. The summed E-state index contributed by atoms with van der Waals surface area (Å²) >= 11 is 0. The number of hydrogen-bond donors (Lipinski definition) is 3. The normalized spacial score (nSPS) is 21.9. The molecular formula is C26H25F5N2O5. The molecular weight excluding hydrogens is 515 g/mol. The number of aliphatic hydroxyl groups excluding tert-OH is 1. The second kappa shape index (κ2) is 10.3. The van der Waals surface area contributed by atoms with Gasteiger partial charge in [0.15, 0.2) is 5.78 Å². The summed E-state index contributed by atoms with van der Waals surface area (Å²) in [5.74, 6) is -7.26. The number of amides is 2. The number of aliphatic hydroxyl groups is 1. The summed E-state index contributed by atoms with van der Waals surface area (Å²) in [6, 6.07) is 6.94. The number of ether oxygens (including phenoxy) is 1. The third-order valence-electron chi connectivity index (χ3n) is 6.93. The molecule has 1 fully saturated rings. The molecule has 0 bridgehead atoms. The number of piperidine rings is 1. The van der Waals surface area contributed by atoms with E-state index in [1.807, 2.05) is 0 Å². The summed E-state index contributed by atoms with van der Waals surface area (Å²) in [4.78, 5) is 36.6. The van der Waals surface area contributed by atoms with E-state index in [9.17, 15) is 41.4 Å². The average Bonchev–Trinajstić information content (AvgIpc) is 2.81. The maximum absolute atomic E-state index is 14.9. The Bertz CT molecular complexity index is 1260. The van der Waals surface area contributed by atoms with Crippen molar-refractivity contribution in [3.05, 3.63) is 64.2 Å². The zero-order valence-corrected chi connectivity index (χ0v) is 20.2. The van der Waals surface area contributed by atoms with E-state index in [0.29, 0.717) is 41.7 Å². The van der Waals surface area contributed by atoms with Crippen LogP contribution in [0.5, 0.6) is 5.75 Å². The minimum absolute atomic E-state index is 0.129. The standard InChI is InChI=1S/C26H25F5N2O5/c1-13-8-17(38-26(29,30)31)3-6-20(13)25(27,28)24(37)32-12-14-2-4-18-15(9-14)10-16(11-21(18)34)19-5-7-22(35)33-23(19)36/h2-4,6,8-9,16,19,23,36H,5,7,10-12H2,1H3,(H,32,37)(H,33,35)/t16?,19?,23-/m1/s1. The zero-order valence-electron chi connectivity index (χ0n) is 20.2. The monoisotopic (exact) mass is 540 g/mol. The number of carbonyl (C=O) groups excluding carboxylic acids is 3. The van der Waals surface area contributed by atoms with Gasteiger partial charge in [0.2, 0.25) is 5.91 Å². The number of Topliss-reactive ketones (excluding diaryl/α,β-unsaturated/α-hetero) is 1. The van der Waals surface area contributed by atoms with Gasteiger partial charge in [0.05, 0.1) is 0 Å². The van der Waals surface area contributed by atoms with E-state index in [0.717, 1.165) is 13.0 Å². The fourth-order valence-corrected chi connectivity index (χ4v) is 5.10. The van der Waals surface area contributed by atoms with Gasteiger partial charge in [-0.25, -0.2) is 0 Å². The Morgan fingerprint density at radius 2 is 1.84 bits per heavy atom. The van der Waals surface area contributed by atoms with Gasteiger partial charge in [-0.3, -0.25) is 14.4 Å². The first-order chi connectivity index (χ1) is 17.7. The quantitative estimate of drug-likeness (QED) is 0.483. The van der Waals surface area contributed by atoms with Crippen LogP contribution >= 0.6 is 0 Å². The van der Waals surface area contributed by atoms with Gasteiger partial charge in [-0.1, -0.05) is 18.2 Å². The largest absolute Gasteiger partial charge is 0.573 e. The number of fused-ring (bicyclic) bond motifs is 1. The summed E-state index contributed by atoms with van der Waals surface area (Å²) in [7, 11) is 0. The van der Waals surface area contributed by atoms with Crippen LogP contribution < -0.4 is 15.4 Å². The third kappa shape index (κ3) is 5.95. The molecule has 2 amide bonds. The minimum Gasteiger partial charge on any atom is -0.406 e. The highest BCUT2D eigenvalue weighted by Crippen LogP contribution is 2.36. The van der Waals surface area contributed by atoms with E-state index >= 15 is 0 Å². The number of alkyl halides is 5. The number of halogens is 5. The van der Waals surface area contributed by atoms with Gasteiger partial charge >= 0.3 is 12.3 Å². The number of aryl methyl sites for hydroxylation is 1. The molecule has 2 unspecified atom stereocenters. The summed E-state index contributed by atoms with van der Waals surface area (Å²) in [5.41, 5.74) is 0.579. The number of benzene rings is 2. The zero-order chi connectivity index (χ0) is 27.8. The maximum atomic E-state index is 14.9. The fourth-order valence-electron chi connectivity index (χ4n) is 5.10. The van der Waals surface area contributed by atoms with Crippen LogP contribution in [0.2, 0.25) is 0 Å². The topological polar surface area (TPSA) is 105 Å². The van der Waals surface area contributed by atoms with Crippen LogP contribution in [-0.2, 0) is 28.5 Å². The number of hydrogen-bond acceptors (Lipinski definition) is 5.